The molecule has 9 heteroatoms. The van der Waals surface area contributed by atoms with Crippen molar-refractivity contribution in [2.24, 2.45) is 0 Å². The molecule has 1 aromatic rings. The molecule has 1 rings (SSSR count). The van der Waals surface area contributed by atoms with Crippen LogP contribution in [0.3, 0.4) is 0 Å². The summed E-state index contributed by atoms with van der Waals surface area (Å²) < 4.78 is 60.0. The summed E-state index contributed by atoms with van der Waals surface area (Å²) in [6, 6.07) is 4.19. The second-order valence-electron chi connectivity index (χ2n) is 2.40. The molecule has 1 aromatic carbocycles. The van der Waals surface area contributed by atoms with E-state index in [9.17, 15) is 16.8 Å². The zero-order valence-electron chi connectivity index (χ0n) is 9.36. The molecule has 0 unspecified atom stereocenters. The number of benzene rings is 1. The van der Waals surface area contributed by atoms with Crippen LogP contribution in [0.1, 0.15) is 2.85 Å². The molecular weight excluding hydrogens is 272 g/mol. The zero-order valence-corrected chi connectivity index (χ0v) is 11.2. The van der Waals surface area contributed by atoms with E-state index < -0.39 is 30.0 Å². The maximum Gasteiger partial charge on any atom is 2.00 e. The molecule has 0 aromatic heterocycles. The van der Waals surface area contributed by atoms with E-state index in [0.29, 0.717) is 0 Å². The smallest absolute Gasteiger partial charge is 1.00 e. The largest absolute Gasteiger partial charge is 2.00 e. The minimum absolute atomic E-state index is 0. The molecule has 0 saturated heterocycles. The third-order valence-electron chi connectivity index (χ3n) is 1.40. The van der Waals surface area contributed by atoms with Gasteiger partial charge in [0.2, 0.25) is 0 Å². The molecule has 0 aliphatic carbocycles. The van der Waals surface area contributed by atoms with Crippen LogP contribution < -0.4 is 0 Å². The van der Waals surface area contributed by atoms with Crippen molar-refractivity contribution in [3.8, 4) is 0 Å². The van der Waals surface area contributed by atoms with E-state index in [1.165, 1.54) is 12.1 Å². The van der Waals surface area contributed by atoms with Crippen LogP contribution in [0.2, 0.25) is 0 Å². The second kappa shape index (κ2) is 5.09. The van der Waals surface area contributed by atoms with E-state index >= 15 is 0 Å². The SMILES string of the molecule is O=S(=O)(O)c1ccccc1S(=O)(=O)O.[Ca+2].[H-].[H-]. The molecule has 82 valence electrons. The molecule has 0 heterocycles. The Morgan fingerprint density at radius 1 is 0.867 bits per heavy atom. The van der Waals surface area contributed by atoms with Gasteiger partial charge in [-0.05, 0) is 12.1 Å². The van der Waals surface area contributed by atoms with Crippen LogP contribution in [0.4, 0.5) is 0 Å². The Labute approximate surface area is 120 Å². The maximum absolute atomic E-state index is 10.7. The van der Waals surface area contributed by atoms with E-state index in [1.54, 1.807) is 0 Å². The van der Waals surface area contributed by atoms with Gasteiger partial charge in [-0.1, -0.05) is 12.1 Å². The molecule has 0 amide bonds. The van der Waals surface area contributed by atoms with Gasteiger partial charge in [0.25, 0.3) is 20.2 Å². The molecule has 0 aliphatic heterocycles. The molecule has 0 radical (unpaired) electrons. The van der Waals surface area contributed by atoms with Gasteiger partial charge in [0.15, 0.2) is 0 Å². The topological polar surface area (TPSA) is 109 Å². The minimum atomic E-state index is -4.66. The van der Waals surface area contributed by atoms with Crippen LogP contribution in [0.15, 0.2) is 34.1 Å². The van der Waals surface area contributed by atoms with E-state index in [-0.39, 0.29) is 40.6 Å². The van der Waals surface area contributed by atoms with E-state index in [1.807, 2.05) is 0 Å². The van der Waals surface area contributed by atoms with Crippen molar-refractivity contribution in [1.82, 2.24) is 0 Å². The average molecular weight is 280 g/mol. The molecule has 0 atom stereocenters. The molecule has 0 fully saturated rings. The first-order valence-electron chi connectivity index (χ1n) is 3.27. The van der Waals surface area contributed by atoms with Crippen molar-refractivity contribution in [2.45, 2.75) is 9.79 Å². The summed E-state index contributed by atoms with van der Waals surface area (Å²) in [6.45, 7) is 0. The Balaban J connectivity index is -0.000000653. The summed E-state index contributed by atoms with van der Waals surface area (Å²) >= 11 is 0. The standard InChI is InChI=1S/C6H6O6S2.Ca.2H/c7-13(8,9)5-3-1-2-4-6(5)14(10,11)12;;;/h1-4H,(H,7,8,9)(H,10,11,12);;;/q;+2;2*-1. The summed E-state index contributed by atoms with van der Waals surface area (Å²) in [5.41, 5.74) is 0. The van der Waals surface area contributed by atoms with Gasteiger partial charge in [0, 0.05) is 0 Å². The Bertz CT molecular complexity index is 505. The van der Waals surface area contributed by atoms with Crippen LogP contribution in [-0.2, 0) is 20.2 Å². The maximum atomic E-state index is 10.7. The summed E-state index contributed by atoms with van der Waals surface area (Å²) in [5.74, 6) is 0. The fraction of sp³-hybridized carbons (Fsp3) is 0. The summed E-state index contributed by atoms with van der Waals surface area (Å²) in [7, 11) is -9.31. The summed E-state index contributed by atoms with van der Waals surface area (Å²) in [6.07, 6.45) is 0. The minimum Gasteiger partial charge on any atom is -1.00 e. The average Bonchev–Trinajstić information content (AvgIpc) is 2.01. The first kappa shape index (κ1) is 15.3. The van der Waals surface area contributed by atoms with Crippen molar-refractivity contribution in [2.75, 3.05) is 0 Å². The summed E-state index contributed by atoms with van der Waals surface area (Å²) in [4.78, 5) is -1.69. The first-order valence-corrected chi connectivity index (χ1v) is 6.15. The van der Waals surface area contributed by atoms with Crippen LogP contribution in [0.5, 0.6) is 0 Å². The molecule has 0 spiro atoms. The predicted molar refractivity (Wildman–Crippen MR) is 54.0 cm³/mol. The van der Waals surface area contributed by atoms with Gasteiger partial charge >= 0.3 is 37.7 Å². The van der Waals surface area contributed by atoms with Crippen molar-refractivity contribution >= 4 is 58.0 Å². The zero-order chi connectivity index (χ0) is 11.0. The Morgan fingerprint density at radius 3 is 1.33 bits per heavy atom. The van der Waals surface area contributed by atoms with Crippen molar-refractivity contribution in [3.05, 3.63) is 24.3 Å². The van der Waals surface area contributed by atoms with Crippen molar-refractivity contribution < 1.29 is 28.8 Å². The van der Waals surface area contributed by atoms with Gasteiger partial charge in [0.05, 0.1) is 0 Å². The van der Waals surface area contributed by atoms with Gasteiger partial charge in [0.1, 0.15) is 9.79 Å². The molecule has 6 nitrogen and oxygen atoms in total. The van der Waals surface area contributed by atoms with Crippen molar-refractivity contribution in [1.29, 1.82) is 0 Å². The number of rotatable bonds is 2. The predicted octanol–water partition coefficient (Wildman–Crippen LogP) is 0.0242. The van der Waals surface area contributed by atoms with Gasteiger partial charge < -0.3 is 2.85 Å². The van der Waals surface area contributed by atoms with Gasteiger partial charge in [-0.2, -0.15) is 16.8 Å². The Hall–Kier alpha value is 0.300. The molecule has 15 heavy (non-hydrogen) atoms. The fourth-order valence-electron chi connectivity index (χ4n) is 0.876. The Morgan fingerprint density at radius 2 is 1.13 bits per heavy atom. The van der Waals surface area contributed by atoms with Crippen LogP contribution in [-0.4, -0.2) is 63.7 Å². The first-order chi connectivity index (χ1) is 6.23. The fourth-order valence-corrected chi connectivity index (χ4v) is 2.65. The van der Waals surface area contributed by atoms with E-state index in [0.717, 1.165) is 12.1 Å². The van der Waals surface area contributed by atoms with Crippen molar-refractivity contribution in [3.63, 3.8) is 0 Å². The molecule has 0 saturated carbocycles. The van der Waals surface area contributed by atoms with Gasteiger partial charge in [-0.15, -0.1) is 0 Å². The third kappa shape index (κ3) is 3.98. The number of hydrogen-bond donors (Lipinski definition) is 2. The molecule has 0 aliphatic rings. The van der Waals surface area contributed by atoms with Gasteiger partial charge in [-0.25, -0.2) is 0 Å². The van der Waals surface area contributed by atoms with Gasteiger partial charge in [-0.3, -0.25) is 9.11 Å². The number of hydrogen-bond acceptors (Lipinski definition) is 4. The van der Waals surface area contributed by atoms with Crippen LogP contribution in [0, 0.1) is 0 Å². The third-order valence-corrected chi connectivity index (χ3v) is 3.36. The summed E-state index contributed by atoms with van der Waals surface area (Å²) in [5, 5.41) is 0. The molecular formula is C6H8CaO6S2. The normalized spacial score (nSPS) is 11.9. The van der Waals surface area contributed by atoms with E-state index in [2.05, 4.69) is 0 Å². The molecule has 0 bridgehead atoms. The molecule has 2 N–H and O–H groups in total. The van der Waals surface area contributed by atoms with Crippen LogP contribution in [0.25, 0.3) is 0 Å². The quantitative estimate of drug-likeness (QED) is 0.584. The second-order valence-corrected chi connectivity index (χ2v) is 5.18. The van der Waals surface area contributed by atoms with Crippen LogP contribution >= 0.6 is 0 Å². The monoisotopic (exact) mass is 280 g/mol. The van der Waals surface area contributed by atoms with E-state index in [4.69, 9.17) is 9.11 Å². The Kier molecular flexibility index (Phi) is 5.19.